The minimum Gasteiger partial charge on any atom is -0.496 e. The first-order chi connectivity index (χ1) is 15.0. The van der Waals surface area contributed by atoms with E-state index in [0.29, 0.717) is 34.3 Å². The third kappa shape index (κ3) is 7.13. The van der Waals surface area contributed by atoms with E-state index in [1.807, 2.05) is 0 Å². The number of ether oxygens (including phenoxy) is 2. The summed E-state index contributed by atoms with van der Waals surface area (Å²) in [6.07, 6.45) is 0.860. The molecule has 8 nitrogen and oxygen atoms in total. The highest BCUT2D eigenvalue weighted by molar-refractivity contribution is 6.30. The average molecular weight is 447 g/mol. The highest BCUT2D eigenvalue weighted by Gasteiger charge is 2.14. The highest BCUT2D eigenvalue weighted by atomic mass is 35.5. The number of urea groups is 1. The zero-order valence-corrected chi connectivity index (χ0v) is 18.2. The van der Waals surface area contributed by atoms with Crippen LogP contribution in [-0.2, 0) is 4.74 Å². The number of nitrogens with zero attached hydrogens (tertiary/aromatic N) is 1. The minimum atomic E-state index is -0.412. The number of halogens is 1. The van der Waals surface area contributed by atoms with Gasteiger partial charge < -0.3 is 25.4 Å². The van der Waals surface area contributed by atoms with Crippen LogP contribution in [0.2, 0.25) is 5.02 Å². The Kier molecular flexibility index (Phi) is 8.52. The van der Waals surface area contributed by atoms with Gasteiger partial charge >= 0.3 is 6.03 Å². The van der Waals surface area contributed by atoms with Crippen LogP contribution < -0.4 is 20.7 Å². The van der Waals surface area contributed by atoms with Crippen molar-refractivity contribution in [3.05, 3.63) is 53.1 Å². The largest absolute Gasteiger partial charge is 0.496 e. The van der Waals surface area contributed by atoms with Crippen molar-refractivity contribution in [1.82, 2.24) is 10.2 Å². The Balaban J connectivity index is 1.50. The lowest BCUT2D eigenvalue weighted by atomic mass is 10.1. The van der Waals surface area contributed by atoms with Crippen molar-refractivity contribution in [3.63, 3.8) is 0 Å². The molecular weight excluding hydrogens is 420 g/mol. The molecule has 2 aromatic carbocycles. The molecule has 0 aliphatic carbocycles. The van der Waals surface area contributed by atoms with Gasteiger partial charge in [0.1, 0.15) is 5.75 Å². The van der Waals surface area contributed by atoms with Crippen molar-refractivity contribution in [2.45, 2.75) is 6.42 Å². The van der Waals surface area contributed by atoms with Crippen LogP contribution in [0.4, 0.5) is 16.2 Å². The Morgan fingerprint density at radius 3 is 2.45 bits per heavy atom. The number of carbonyl (C=O) groups is 2. The molecule has 166 valence electrons. The van der Waals surface area contributed by atoms with E-state index >= 15 is 0 Å². The monoisotopic (exact) mass is 446 g/mol. The second kappa shape index (κ2) is 11.5. The van der Waals surface area contributed by atoms with Crippen LogP contribution in [0.3, 0.4) is 0 Å². The molecule has 0 aromatic heterocycles. The van der Waals surface area contributed by atoms with Gasteiger partial charge in [-0.1, -0.05) is 11.6 Å². The summed E-state index contributed by atoms with van der Waals surface area (Å²) < 4.78 is 10.7. The molecule has 0 radical (unpaired) electrons. The molecule has 0 unspecified atom stereocenters. The number of rotatable bonds is 8. The predicted molar refractivity (Wildman–Crippen MR) is 121 cm³/mol. The molecule has 9 heteroatoms. The lowest BCUT2D eigenvalue weighted by Crippen LogP contribution is -2.38. The molecular formula is C22H27ClN4O4. The smallest absolute Gasteiger partial charge is 0.323 e. The number of methoxy groups -OCH3 is 1. The fourth-order valence-corrected chi connectivity index (χ4v) is 3.33. The maximum Gasteiger partial charge on any atom is 0.323 e. The summed E-state index contributed by atoms with van der Waals surface area (Å²) in [6.45, 7) is 4.89. The fourth-order valence-electron chi connectivity index (χ4n) is 3.21. The summed E-state index contributed by atoms with van der Waals surface area (Å²) in [7, 11) is 1.49. The molecule has 0 bridgehead atoms. The number of morpholine rings is 1. The average Bonchev–Trinajstić information content (AvgIpc) is 2.78. The summed E-state index contributed by atoms with van der Waals surface area (Å²) >= 11 is 5.85. The number of hydrogen-bond donors (Lipinski definition) is 3. The molecule has 3 rings (SSSR count). The van der Waals surface area contributed by atoms with E-state index < -0.39 is 6.03 Å². The fraction of sp³-hybridized carbons (Fsp3) is 0.364. The van der Waals surface area contributed by atoms with Gasteiger partial charge in [-0.15, -0.1) is 0 Å². The second-order valence-electron chi connectivity index (χ2n) is 7.06. The van der Waals surface area contributed by atoms with E-state index in [0.717, 1.165) is 39.3 Å². The third-order valence-corrected chi connectivity index (χ3v) is 5.10. The Hall–Kier alpha value is -2.81. The zero-order valence-electron chi connectivity index (χ0n) is 17.4. The van der Waals surface area contributed by atoms with Crippen molar-refractivity contribution in [2.24, 2.45) is 0 Å². The van der Waals surface area contributed by atoms with Crippen LogP contribution in [-0.4, -0.2) is 63.3 Å². The Labute approximate surface area is 186 Å². The van der Waals surface area contributed by atoms with Gasteiger partial charge in [0.15, 0.2) is 0 Å². The molecule has 1 saturated heterocycles. The van der Waals surface area contributed by atoms with Crippen molar-refractivity contribution in [1.29, 1.82) is 0 Å². The van der Waals surface area contributed by atoms with E-state index in [4.69, 9.17) is 21.1 Å². The zero-order chi connectivity index (χ0) is 22.1. The number of benzene rings is 2. The summed E-state index contributed by atoms with van der Waals surface area (Å²) in [5.74, 6) is 0.172. The van der Waals surface area contributed by atoms with Crippen molar-refractivity contribution in [3.8, 4) is 5.75 Å². The summed E-state index contributed by atoms with van der Waals surface area (Å²) in [5.41, 5.74) is 1.53. The van der Waals surface area contributed by atoms with Crippen molar-refractivity contribution < 1.29 is 19.1 Å². The van der Waals surface area contributed by atoms with Crippen LogP contribution in [0, 0.1) is 0 Å². The topological polar surface area (TPSA) is 91.9 Å². The molecule has 0 atom stereocenters. The molecule has 1 fully saturated rings. The van der Waals surface area contributed by atoms with Gasteiger partial charge in [0.2, 0.25) is 0 Å². The lowest BCUT2D eigenvalue weighted by molar-refractivity contribution is 0.0374. The standard InChI is InChI=1S/C22H27ClN4O4/c1-30-20-15-18(26-22(29)25-17-5-3-16(23)4-6-17)7-8-19(20)21(28)24-9-2-10-27-11-13-31-14-12-27/h3-8,15H,2,9-14H2,1H3,(H,24,28)(H2,25,26,29). The van der Waals surface area contributed by atoms with Crippen LogP contribution in [0.25, 0.3) is 0 Å². The maximum absolute atomic E-state index is 12.5. The Morgan fingerprint density at radius 2 is 1.74 bits per heavy atom. The molecule has 1 aliphatic rings. The summed E-state index contributed by atoms with van der Waals surface area (Å²) in [6, 6.07) is 11.3. The van der Waals surface area contributed by atoms with Gasteiger partial charge in [-0.25, -0.2) is 4.79 Å². The molecule has 3 amide bonds. The molecule has 0 saturated carbocycles. The first-order valence-corrected chi connectivity index (χ1v) is 10.5. The van der Waals surface area contributed by atoms with Gasteiger partial charge in [-0.2, -0.15) is 0 Å². The van der Waals surface area contributed by atoms with Crippen LogP contribution in [0.5, 0.6) is 5.75 Å². The molecule has 2 aromatic rings. The van der Waals surface area contributed by atoms with Crippen LogP contribution in [0.1, 0.15) is 16.8 Å². The maximum atomic E-state index is 12.5. The van der Waals surface area contributed by atoms with Crippen molar-refractivity contribution >= 4 is 34.9 Å². The number of carbonyl (C=O) groups excluding carboxylic acids is 2. The van der Waals surface area contributed by atoms with E-state index in [2.05, 4.69) is 20.9 Å². The normalized spacial score (nSPS) is 14.0. The van der Waals surface area contributed by atoms with E-state index in [1.165, 1.54) is 7.11 Å². The van der Waals surface area contributed by atoms with Crippen LogP contribution in [0.15, 0.2) is 42.5 Å². The molecule has 3 N–H and O–H groups in total. The van der Waals surface area contributed by atoms with Gasteiger partial charge in [0, 0.05) is 42.1 Å². The molecule has 1 aliphatic heterocycles. The Bertz CT molecular complexity index is 886. The summed E-state index contributed by atoms with van der Waals surface area (Å²) in [5, 5.41) is 8.95. The van der Waals surface area contributed by atoms with Crippen molar-refractivity contribution in [2.75, 3.05) is 57.1 Å². The third-order valence-electron chi connectivity index (χ3n) is 4.85. The number of amides is 3. The quantitative estimate of drug-likeness (QED) is 0.540. The predicted octanol–water partition coefficient (Wildman–Crippen LogP) is 3.44. The molecule has 0 spiro atoms. The van der Waals surface area contributed by atoms with Gasteiger partial charge in [-0.05, 0) is 49.4 Å². The number of hydrogen-bond acceptors (Lipinski definition) is 5. The highest BCUT2D eigenvalue weighted by Crippen LogP contribution is 2.23. The first-order valence-electron chi connectivity index (χ1n) is 10.1. The van der Waals surface area contributed by atoms with Crippen LogP contribution >= 0.6 is 11.6 Å². The van der Waals surface area contributed by atoms with Gasteiger partial charge in [0.05, 0.1) is 25.9 Å². The Morgan fingerprint density at radius 1 is 1.06 bits per heavy atom. The van der Waals surface area contributed by atoms with Gasteiger partial charge in [-0.3, -0.25) is 9.69 Å². The first kappa shape index (κ1) is 22.9. The van der Waals surface area contributed by atoms with Gasteiger partial charge in [0.25, 0.3) is 5.91 Å². The molecule has 31 heavy (non-hydrogen) atoms. The second-order valence-corrected chi connectivity index (χ2v) is 7.50. The number of anilines is 2. The van der Waals surface area contributed by atoms with E-state index in [9.17, 15) is 9.59 Å². The number of nitrogens with one attached hydrogen (secondary N) is 3. The SMILES string of the molecule is COc1cc(NC(=O)Nc2ccc(Cl)cc2)ccc1C(=O)NCCCN1CCOCC1. The van der Waals surface area contributed by atoms with E-state index in [-0.39, 0.29) is 5.91 Å². The molecule has 1 heterocycles. The summed E-state index contributed by atoms with van der Waals surface area (Å²) in [4.78, 5) is 27.1. The van der Waals surface area contributed by atoms with E-state index in [1.54, 1.807) is 42.5 Å². The lowest BCUT2D eigenvalue weighted by Gasteiger charge is -2.26. The minimum absolute atomic E-state index is 0.212.